The third-order valence-electron chi connectivity index (χ3n) is 6.47. The Morgan fingerprint density at radius 2 is 1.78 bits per heavy atom. The predicted octanol–water partition coefficient (Wildman–Crippen LogP) is 5.05. The second-order valence-corrected chi connectivity index (χ2v) is 10.8. The number of nitrogens with one attached hydrogen (secondary N) is 2. The van der Waals surface area contributed by atoms with Gasteiger partial charge in [-0.25, -0.2) is 4.79 Å². The lowest BCUT2D eigenvalue weighted by molar-refractivity contribution is -0.203. The number of halogens is 3. The number of methoxy groups -OCH3 is 2. The molecule has 0 aliphatic heterocycles. The molecule has 2 N–H and O–H groups in total. The first-order valence-electron chi connectivity index (χ1n) is 11.2. The number of nitriles is 1. The average molecular weight is 524 g/mol. The van der Waals surface area contributed by atoms with Gasteiger partial charge in [0.2, 0.25) is 0 Å². The number of amides is 1. The molecule has 0 fully saturated rings. The maximum atomic E-state index is 14.6. The number of alkyl halides is 3. The average Bonchev–Trinajstić information content (AvgIpc) is 3.17. The van der Waals surface area contributed by atoms with Crippen molar-refractivity contribution in [2.24, 2.45) is 11.3 Å². The molecule has 0 unspecified atom stereocenters. The zero-order valence-corrected chi connectivity index (χ0v) is 21.4. The Balaban J connectivity index is 2.05. The van der Waals surface area contributed by atoms with E-state index in [0.717, 1.165) is 29.7 Å². The summed E-state index contributed by atoms with van der Waals surface area (Å²) >= 11 is 0.996. The van der Waals surface area contributed by atoms with E-state index in [1.165, 1.54) is 31.4 Å². The van der Waals surface area contributed by atoms with Gasteiger partial charge in [0.1, 0.15) is 16.8 Å². The van der Waals surface area contributed by atoms with E-state index >= 15 is 0 Å². The van der Waals surface area contributed by atoms with Crippen molar-refractivity contribution in [1.29, 1.82) is 5.26 Å². The molecule has 7 nitrogen and oxygen atoms in total. The number of thiophene rings is 1. The summed E-state index contributed by atoms with van der Waals surface area (Å²) in [5, 5.41) is 13.6. The van der Waals surface area contributed by atoms with Gasteiger partial charge in [0, 0.05) is 10.4 Å². The Bertz CT molecular complexity index is 1180. The van der Waals surface area contributed by atoms with Gasteiger partial charge in [-0.15, -0.1) is 11.3 Å². The Kier molecular flexibility index (Phi) is 7.60. The number of hydrogen-bond donors (Lipinski definition) is 2. The number of fused-ring (bicyclic) bond motifs is 1. The van der Waals surface area contributed by atoms with Gasteiger partial charge in [-0.05, 0) is 60.4 Å². The highest BCUT2D eigenvalue weighted by Gasteiger charge is 2.64. The summed E-state index contributed by atoms with van der Waals surface area (Å²) in [6.45, 7) is 6.30. The number of nitrogens with zero attached hydrogens (tertiary/aromatic N) is 1. The SMILES string of the molecule is COC(=O)[C@](NC(=O)c1ccc(OC)cc1)(Nc1sc2c(c1C#N)CC[C@@H](C(C)(C)C)C2)C(F)(F)F. The highest BCUT2D eigenvalue weighted by molar-refractivity contribution is 7.16. The number of hydrogen-bond acceptors (Lipinski definition) is 7. The van der Waals surface area contributed by atoms with Crippen LogP contribution in [0.1, 0.15) is 53.6 Å². The molecule has 1 aromatic heterocycles. The number of ether oxygens (including phenoxy) is 2. The van der Waals surface area contributed by atoms with Gasteiger partial charge in [0.05, 0.1) is 19.8 Å². The second kappa shape index (κ2) is 10.0. The molecular formula is C25H28F3N3O4S. The van der Waals surface area contributed by atoms with Crippen LogP contribution < -0.4 is 15.4 Å². The smallest absolute Gasteiger partial charge is 0.441 e. The zero-order chi connectivity index (χ0) is 26.9. The van der Waals surface area contributed by atoms with E-state index in [1.54, 1.807) is 5.32 Å². The first-order valence-corrected chi connectivity index (χ1v) is 12.0. The third kappa shape index (κ3) is 5.14. The number of esters is 1. The molecule has 1 heterocycles. The Morgan fingerprint density at radius 3 is 2.28 bits per heavy atom. The minimum atomic E-state index is -5.31. The molecule has 0 saturated carbocycles. The van der Waals surface area contributed by atoms with Crippen LogP contribution in [0.4, 0.5) is 18.2 Å². The molecule has 1 aromatic carbocycles. The van der Waals surface area contributed by atoms with Crippen LogP contribution in [0, 0.1) is 22.7 Å². The summed E-state index contributed by atoms with van der Waals surface area (Å²) in [7, 11) is 2.20. The van der Waals surface area contributed by atoms with Gasteiger partial charge >= 0.3 is 17.8 Å². The monoisotopic (exact) mass is 523 g/mol. The minimum Gasteiger partial charge on any atom is -0.497 e. The van der Waals surface area contributed by atoms with Gasteiger partial charge in [-0.2, -0.15) is 18.4 Å². The summed E-state index contributed by atoms with van der Waals surface area (Å²) in [5.74, 6) is -2.25. The van der Waals surface area contributed by atoms with Crippen LogP contribution in [0.3, 0.4) is 0 Å². The lowest BCUT2D eigenvalue weighted by atomic mass is 9.72. The van der Waals surface area contributed by atoms with Crippen LogP contribution in [0.15, 0.2) is 24.3 Å². The molecule has 1 amide bonds. The van der Waals surface area contributed by atoms with Crippen LogP contribution in [0.2, 0.25) is 0 Å². The molecule has 2 atom stereocenters. The fourth-order valence-corrected chi connectivity index (χ4v) is 5.56. The fourth-order valence-electron chi connectivity index (χ4n) is 4.23. The molecule has 0 radical (unpaired) electrons. The van der Waals surface area contributed by atoms with E-state index in [0.29, 0.717) is 24.2 Å². The summed E-state index contributed by atoms with van der Waals surface area (Å²) in [6, 6.07) is 7.33. The predicted molar refractivity (Wildman–Crippen MR) is 129 cm³/mol. The van der Waals surface area contributed by atoms with Crippen molar-refractivity contribution >= 4 is 28.2 Å². The van der Waals surface area contributed by atoms with Gasteiger partial charge in [-0.1, -0.05) is 20.8 Å². The van der Waals surface area contributed by atoms with Crippen molar-refractivity contribution in [1.82, 2.24) is 5.32 Å². The first-order chi connectivity index (χ1) is 16.8. The van der Waals surface area contributed by atoms with Crippen LogP contribution in [-0.4, -0.2) is 37.9 Å². The zero-order valence-electron chi connectivity index (χ0n) is 20.6. The fraction of sp³-hybridized carbons (Fsp3) is 0.480. The Hall–Kier alpha value is -3.26. The molecule has 1 aliphatic rings. The topological polar surface area (TPSA) is 100 Å². The van der Waals surface area contributed by atoms with Gasteiger partial charge < -0.3 is 20.1 Å². The minimum absolute atomic E-state index is 0.0177. The van der Waals surface area contributed by atoms with Crippen molar-refractivity contribution in [2.45, 2.75) is 51.9 Å². The lowest BCUT2D eigenvalue weighted by Crippen LogP contribution is -2.69. The molecule has 3 rings (SSSR count). The quantitative estimate of drug-likeness (QED) is 0.406. The Labute approximate surface area is 211 Å². The Morgan fingerprint density at radius 1 is 1.14 bits per heavy atom. The maximum Gasteiger partial charge on any atom is 0.441 e. The van der Waals surface area contributed by atoms with Gasteiger partial charge in [-0.3, -0.25) is 4.79 Å². The van der Waals surface area contributed by atoms with E-state index in [-0.39, 0.29) is 27.5 Å². The standard InChI is InChI=1S/C25H28F3N3O4S/c1-23(2,3)15-8-11-17-18(13-29)21(36-19(17)12-15)31-24(22(33)35-5,25(26,27)28)30-20(32)14-6-9-16(34-4)10-7-14/h6-7,9-10,15,31H,8,11-12H2,1-5H3,(H,30,32)/t15-,24+/m1/s1. The number of rotatable bonds is 6. The first kappa shape index (κ1) is 27.3. The van der Waals surface area contributed by atoms with Crippen LogP contribution in [0.25, 0.3) is 0 Å². The van der Waals surface area contributed by atoms with Crippen molar-refractivity contribution in [3.8, 4) is 11.8 Å². The highest BCUT2D eigenvalue weighted by Crippen LogP contribution is 2.45. The maximum absolute atomic E-state index is 14.6. The molecule has 36 heavy (non-hydrogen) atoms. The molecule has 2 aromatic rings. The van der Waals surface area contributed by atoms with Gasteiger partial charge in [0.25, 0.3) is 5.91 Å². The number of benzene rings is 1. The number of carbonyl (C=O) groups is 2. The van der Waals surface area contributed by atoms with E-state index in [2.05, 4.69) is 30.8 Å². The van der Waals surface area contributed by atoms with Crippen molar-refractivity contribution in [3.63, 3.8) is 0 Å². The molecule has 11 heteroatoms. The molecule has 194 valence electrons. The largest absolute Gasteiger partial charge is 0.497 e. The summed E-state index contributed by atoms with van der Waals surface area (Å²) in [6.07, 6.45) is -3.38. The number of carbonyl (C=O) groups excluding carboxylic acids is 2. The lowest BCUT2D eigenvalue weighted by Gasteiger charge is -2.34. The summed E-state index contributed by atoms with van der Waals surface area (Å²) < 4.78 is 53.2. The van der Waals surface area contributed by atoms with E-state index in [1.807, 2.05) is 6.07 Å². The van der Waals surface area contributed by atoms with Crippen molar-refractivity contribution in [3.05, 3.63) is 45.8 Å². The number of anilines is 1. The van der Waals surface area contributed by atoms with Crippen LogP contribution in [-0.2, 0) is 22.4 Å². The van der Waals surface area contributed by atoms with Crippen LogP contribution in [0.5, 0.6) is 5.75 Å². The van der Waals surface area contributed by atoms with E-state index in [4.69, 9.17) is 4.74 Å². The normalized spacial score (nSPS) is 17.2. The van der Waals surface area contributed by atoms with Crippen molar-refractivity contribution in [2.75, 3.05) is 19.5 Å². The molecular weight excluding hydrogens is 495 g/mol. The molecule has 0 spiro atoms. The van der Waals surface area contributed by atoms with E-state index < -0.39 is 23.7 Å². The molecule has 0 bridgehead atoms. The molecule has 1 aliphatic carbocycles. The van der Waals surface area contributed by atoms with Crippen molar-refractivity contribution < 1.29 is 32.2 Å². The molecule has 0 saturated heterocycles. The third-order valence-corrected chi connectivity index (χ3v) is 7.64. The van der Waals surface area contributed by atoms with Gasteiger partial charge in [0.15, 0.2) is 0 Å². The highest BCUT2D eigenvalue weighted by atomic mass is 32.1. The summed E-state index contributed by atoms with van der Waals surface area (Å²) in [4.78, 5) is 26.3. The van der Waals surface area contributed by atoms with E-state index in [9.17, 15) is 28.0 Å². The summed E-state index contributed by atoms with van der Waals surface area (Å²) in [5.41, 5.74) is -3.06. The van der Waals surface area contributed by atoms with Crippen LogP contribution >= 0.6 is 11.3 Å². The second-order valence-electron chi connectivity index (χ2n) is 9.67.